The van der Waals surface area contributed by atoms with E-state index < -0.39 is 0 Å². The van der Waals surface area contributed by atoms with E-state index >= 15 is 0 Å². The van der Waals surface area contributed by atoms with Gasteiger partial charge < -0.3 is 0 Å². The predicted molar refractivity (Wildman–Crippen MR) is 43.6 cm³/mol. The Hall–Kier alpha value is 0.0200. The molecule has 0 aromatic carbocycles. The summed E-state index contributed by atoms with van der Waals surface area (Å²) in [6, 6.07) is 0. The highest BCUT2D eigenvalue weighted by Crippen LogP contribution is 2.20. The lowest BCUT2D eigenvalue weighted by atomic mass is 10.1. The van der Waals surface area contributed by atoms with Gasteiger partial charge in [0.2, 0.25) is 0 Å². The van der Waals surface area contributed by atoms with Crippen molar-refractivity contribution in [3.05, 3.63) is 0 Å². The number of nitrogens with zero attached hydrogens (tertiary/aromatic N) is 1. The number of likely N-dealkylation sites (tertiary alicyclic amines) is 1. The molecule has 0 amide bonds. The molecule has 1 saturated heterocycles. The Morgan fingerprint density at radius 3 is 3.09 bits per heavy atom. The molecule has 11 heavy (non-hydrogen) atoms. The highest BCUT2D eigenvalue weighted by Gasteiger charge is 2.21. The zero-order valence-electron chi connectivity index (χ0n) is 6.82. The summed E-state index contributed by atoms with van der Waals surface area (Å²) >= 11 is 0. The maximum atomic E-state index is 10.2. The van der Waals surface area contributed by atoms with E-state index in [1.807, 2.05) is 0 Å². The Labute approximate surface area is 69.0 Å². The summed E-state index contributed by atoms with van der Waals surface area (Å²) in [5, 5.41) is 0. The molecular weight excluding hydrogens is 161 g/mol. The van der Waals surface area contributed by atoms with E-state index in [-0.39, 0.29) is 14.9 Å². The fourth-order valence-electron chi connectivity index (χ4n) is 1.49. The molecule has 0 aromatic heterocycles. The lowest BCUT2D eigenvalue weighted by Gasteiger charge is -2.32. The van der Waals surface area contributed by atoms with E-state index in [2.05, 4.69) is 11.8 Å². The molecule has 4 heteroatoms. The van der Waals surface area contributed by atoms with Crippen molar-refractivity contribution in [3.8, 4) is 0 Å². The number of hydrogen-bond acceptors (Lipinski definition) is 3. The molecule has 1 unspecified atom stereocenters. The van der Waals surface area contributed by atoms with Crippen LogP contribution in [0.5, 0.6) is 0 Å². The Kier molecular flexibility index (Phi) is 3.98. The second-order valence-electron chi connectivity index (χ2n) is 2.76. The monoisotopic (exact) mass is 175 g/mol. The first-order chi connectivity index (χ1) is 5.38. The van der Waals surface area contributed by atoms with E-state index in [9.17, 15) is 4.57 Å². The van der Waals surface area contributed by atoms with Crippen molar-refractivity contribution in [2.45, 2.75) is 32.4 Å². The number of rotatable bonds is 3. The Balaban J connectivity index is 2.37. The van der Waals surface area contributed by atoms with Gasteiger partial charge in [-0.25, -0.2) is 4.57 Å². The minimum Gasteiger partial charge on any atom is -0.278 e. The normalized spacial score (nSPS) is 27.5. The van der Waals surface area contributed by atoms with Gasteiger partial charge in [-0.2, -0.15) is 0 Å². The molecule has 3 nitrogen and oxygen atoms in total. The van der Waals surface area contributed by atoms with Crippen molar-refractivity contribution in [3.63, 3.8) is 0 Å². The van der Waals surface area contributed by atoms with Crippen LogP contribution in [0.2, 0.25) is 0 Å². The zero-order valence-corrected chi connectivity index (χ0v) is 7.72. The lowest BCUT2D eigenvalue weighted by molar-refractivity contribution is 0.00900. The summed E-state index contributed by atoms with van der Waals surface area (Å²) < 4.78 is 15.2. The van der Waals surface area contributed by atoms with Crippen LogP contribution >= 0.6 is 8.69 Å². The first kappa shape index (κ1) is 9.11. The molecule has 0 saturated carbocycles. The highest BCUT2D eigenvalue weighted by molar-refractivity contribution is 7.17. The molecule has 1 aliphatic rings. The second-order valence-corrected chi connectivity index (χ2v) is 3.12. The van der Waals surface area contributed by atoms with Gasteiger partial charge in [-0.05, 0) is 25.8 Å². The van der Waals surface area contributed by atoms with Crippen LogP contribution in [0.25, 0.3) is 0 Å². The van der Waals surface area contributed by atoms with Gasteiger partial charge in [0.15, 0.2) is 0 Å². The zero-order chi connectivity index (χ0) is 8.10. The van der Waals surface area contributed by atoms with Gasteiger partial charge in [0, 0.05) is 6.54 Å². The van der Waals surface area contributed by atoms with Gasteiger partial charge in [-0.15, -0.1) is 0 Å². The summed E-state index contributed by atoms with van der Waals surface area (Å²) in [5.74, 6) is 0. The third kappa shape index (κ3) is 2.51. The van der Waals surface area contributed by atoms with E-state index in [0.29, 0.717) is 0 Å². The molecule has 1 fully saturated rings. The molecule has 0 N–H and O–H groups in total. The van der Waals surface area contributed by atoms with E-state index in [1.54, 1.807) is 0 Å². The lowest BCUT2D eigenvalue weighted by Crippen LogP contribution is -2.39. The maximum absolute atomic E-state index is 10.2. The van der Waals surface area contributed by atoms with Crippen molar-refractivity contribution in [2.24, 2.45) is 0 Å². The molecule has 0 aliphatic carbocycles. The van der Waals surface area contributed by atoms with E-state index in [1.165, 1.54) is 12.8 Å². The SMILES string of the molecule is CCN1CCCCC1OP=O. The van der Waals surface area contributed by atoms with Gasteiger partial charge in [0.05, 0.1) is 0 Å². The molecule has 64 valence electrons. The molecule has 1 aliphatic heterocycles. The van der Waals surface area contributed by atoms with Crippen LogP contribution in [0, 0.1) is 0 Å². The van der Waals surface area contributed by atoms with Crippen LogP contribution in [0.1, 0.15) is 26.2 Å². The van der Waals surface area contributed by atoms with Crippen LogP contribution in [0.3, 0.4) is 0 Å². The average molecular weight is 175 g/mol. The van der Waals surface area contributed by atoms with Crippen molar-refractivity contribution in [1.29, 1.82) is 0 Å². The number of hydrogen-bond donors (Lipinski definition) is 0. The van der Waals surface area contributed by atoms with Gasteiger partial charge in [0.1, 0.15) is 6.23 Å². The van der Waals surface area contributed by atoms with Gasteiger partial charge in [-0.3, -0.25) is 9.42 Å². The fraction of sp³-hybridized carbons (Fsp3) is 1.00. The molecule has 1 heterocycles. The molecule has 0 radical (unpaired) electrons. The van der Waals surface area contributed by atoms with Crippen LogP contribution in [0.4, 0.5) is 0 Å². The van der Waals surface area contributed by atoms with Crippen LogP contribution in [-0.4, -0.2) is 24.2 Å². The van der Waals surface area contributed by atoms with Gasteiger partial charge in [-0.1, -0.05) is 6.92 Å². The summed E-state index contributed by atoms with van der Waals surface area (Å²) in [6.45, 7) is 4.17. The van der Waals surface area contributed by atoms with E-state index in [0.717, 1.165) is 19.5 Å². The average Bonchev–Trinajstić information content (AvgIpc) is 2.06. The summed E-state index contributed by atoms with van der Waals surface area (Å²) in [4.78, 5) is 2.22. The molecule has 0 aromatic rings. The second kappa shape index (κ2) is 4.81. The number of piperidine rings is 1. The van der Waals surface area contributed by atoms with E-state index in [4.69, 9.17) is 4.52 Å². The third-order valence-corrected chi connectivity index (χ3v) is 2.45. The maximum Gasteiger partial charge on any atom is 0.328 e. The standard InChI is InChI=1S/C7H14NO2P/c1-2-8-6-4-3-5-7(8)10-11-9/h7H,2-6H2,1H3. The largest absolute Gasteiger partial charge is 0.328 e. The summed E-state index contributed by atoms with van der Waals surface area (Å²) in [5.41, 5.74) is 0. The topological polar surface area (TPSA) is 29.5 Å². The van der Waals surface area contributed by atoms with Crippen molar-refractivity contribution in [1.82, 2.24) is 4.90 Å². The van der Waals surface area contributed by atoms with Gasteiger partial charge >= 0.3 is 8.69 Å². The molecule has 1 rings (SSSR count). The summed E-state index contributed by atoms with van der Waals surface area (Å²) in [7, 11) is -0.189. The first-order valence-corrected chi connectivity index (χ1v) is 4.84. The molecule has 0 spiro atoms. The van der Waals surface area contributed by atoms with Crippen LogP contribution < -0.4 is 0 Å². The van der Waals surface area contributed by atoms with Crippen molar-refractivity contribution >= 4 is 8.69 Å². The first-order valence-electron chi connectivity index (χ1n) is 4.11. The summed E-state index contributed by atoms with van der Waals surface area (Å²) in [6.07, 6.45) is 3.54. The smallest absolute Gasteiger partial charge is 0.278 e. The Morgan fingerprint density at radius 1 is 1.64 bits per heavy atom. The Morgan fingerprint density at radius 2 is 2.45 bits per heavy atom. The van der Waals surface area contributed by atoms with Crippen LogP contribution in [0.15, 0.2) is 0 Å². The quantitative estimate of drug-likeness (QED) is 0.615. The molecule has 1 atom stereocenters. The van der Waals surface area contributed by atoms with Crippen molar-refractivity contribution in [2.75, 3.05) is 13.1 Å². The highest BCUT2D eigenvalue weighted by atomic mass is 31.1. The Bertz CT molecular complexity index is 132. The third-order valence-electron chi connectivity index (χ3n) is 2.12. The molecular formula is C7H14NO2P. The predicted octanol–water partition coefficient (Wildman–Crippen LogP) is 2.04. The minimum atomic E-state index is -0.189. The molecule has 0 bridgehead atoms. The van der Waals surface area contributed by atoms with Crippen molar-refractivity contribution < 1.29 is 9.09 Å². The van der Waals surface area contributed by atoms with Gasteiger partial charge in [0.25, 0.3) is 0 Å². The minimum absolute atomic E-state index is 0.0907. The van der Waals surface area contributed by atoms with Crippen LogP contribution in [-0.2, 0) is 9.09 Å². The fourth-order valence-corrected chi connectivity index (χ4v) is 1.83.